The number of nitriles is 1. The summed E-state index contributed by atoms with van der Waals surface area (Å²) in [6.45, 7) is -0.0206. The molecule has 0 N–H and O–H groups in total. The standard InChI is InChI=1S/C10H8Cl2N2O/c11-7-10(15)14(6-5-13)9-3-1-8(12)2-4-9/h1-4H,6-7H2. The van der Waals surface area contributed by atoms with E-state index in [4.69, 9.17) is 28.5 Å². The molecule has 0 saturated carbocycles. The maximum atomic E-state index is 11.4. The van der Waals surface area contributed by atoms with Gasteiger partial charge in [-0.25, -0.2) is 0 Å². The van der Waals surface area contributed by atoms with Crippen LogP contribution in [0.3, 0.4) is 0 Å². The first-order valence-electron chi connectivity index (χ1n) is 4.18. The summed E-state index contributed by atoms with van der Waals surface area (Å²) in [6.07, 6.45) is 0. The van der Waals surface area contributed by atoms with E-state index in [1.807, 2.05) is 6.07 Å². The van der Waals surface area contributed by atoms with E-state index in [0.29, 0.717) is 10.7 Å². The number of benzene rings is 1. The van der Waals surface area contributed by atoms with Crippen LogP contribution >= 0.6 is 23.2 Å². The summed E-state index contributed by atoms with van der Waals surface area (Å²) in [5.41, 5.74) is 0.617. The summed E-state index contributed by atoms with van der Waals surface area (Å²) >= 11 is 11.1. The minimum Gasteiger partial charge on any atom is -0.298 e. The smallest absolute Gasteiger partial charge is 0.242 e. The lowest BCUT2D eigenvalue weighted by atomic mass is 10.3. The molecule has 0 aromatic heterocycles. The summed E-state index contributed by atoms with van der Waals surface area (Å²) < 4.78 is 0. The average Bonchev–Trinajstić information content (AvgIpc) is 2.26. The van der Waals surface area contributed by atoms with Gasteiger partial charge in [-0.05, 0) is 24.3 Å². The third kappa shape index (κ3) is 3.12. The normalized spacial score (nSPS) is 9.40. The second-order valence-electron chi connectivity index (χ2n) is 2.75. The van der Waals surface area contributed by atoms with Crippen molar-refractivity contribution in [3.63, 3.8) is 0 Å². The molecule has 78 valence electrons. The Morgan fingerprint density at radius 1 is 1.40 bits per heavy atom. The predicted molar refractivity (Wildman–Crippen MR) is 60.1 cm³/mol. The van der Waals surface area contributed by atoms with Crippen LogP contribution in [0.25, 0.3) is 0 Å². The summed E-state index contributed by atoms with van der Waals surface area (Å²) in [5.74, 6) is -0.454. The van der Waals surface area contributed by atoms with E-state index < -0.39 is 0 Å². The molecule has 0 saturated heterocycles. The Labute approximate surface area is 97.8 Å². The molecule has 0 heterocycles. The molecular formula is C10H8Cl2N2O. The van der Waals surface area contributed by atoms with E-state index in [1.54, 1.807) is 24.3 Å². The van der Waals surface area contributed by atoms with Gasteiger partial charge in [0, 0.05) is 10.7 Å². The molecule has 0 fully saturated rings. The van der Waals surface area contributed by atoms with Crippen LogP contribution in [0.2, 0.25) is 5.02 Å². The Balaban J connectivity index is 2.94. The van der Waals surface area contributed by atoms with Gasteiger partial charge in [-0.1, -0.05) is 11.6 Å². The molecular weight excluding hydrogens is 235 g/mol. The third-order valence-corrected chi connectivity index (χ3v) is 2.26. The van der Waals surface area contributed by atoms with Gasteiger partial charge in [0.1, 0.15) is 12.4 Å². The highest BCUT2D eigenvalue weighted by molar-refractivity contribution is 6.31. The molecule has 0 aliphatic rings. The van der Waals surface area contributed by atoms with Crippen molar-refractivity contribution < 1.29 is 4.79 Å². The monoisotopic (exact) mass is 242 g/mol. The van der Waals surface area contributed by atoms with E-state index in [9.17, 15) is 4.79 Å². The molecule has 0 bridgehead atoms. The Kier molecular flexibility index (Phi) is 4.41. The zero-order valence-electron chi connectivity index (χ0n) is 7.78. The lowest BCUT2D eigenvalue weighted by Crippen LogP contribution is -2.32. The first-order valence-corrected chi connectivity index (χ1v) is 5.09. The molecule has 1 aromatic carbocycles. The topological polar surface area (TPSA) is 44.1 Å². The molecule has 0 unspecified atom stereocenters. The Morgan fingerprint density at radius 3 is 2.47 bits per heavy atom. The van der Waals surface area contributed by atoms with Crippen LogP contribution in [0, 0.1) is 11.3 Å². The Bertz CT molecular complexity index is 383. The molecule has 5 heteroatoms. The Hall–Kier alpha value is -1.24. The zero-order chi connectivity index (χ0) is 11.3. The number of nitrogens with zero attached hydrogens (tertiary/aromatic N) is 2. The van der Waals surface area contributed by atoms with Gasteiger partial charge in [-0.15, -0.1) is 11.6 Å². The highest BCUT2D eigenvalue weighted by atomic mass is 35.5. The average molecular weight is 243 g/mol. The molecule has 0 spiro atoms. The van der Waals surface area contributed by atoms with Gasteiger partial charge in [0.25, 0.3) is 0 Å². The largest absolute Gasteiger partial charge is 0.298 e. The molecule has 15 heavy (non-hydrogen) atoms. The van der Waals surface area contributed by atoms with Gasteiger partial charge in [-0.3, -0.25) is 9.69 Å². The molecule has 0 radical (unpaired) electrons. The van der Waals surface area contributed by atoms with Gasteiger partial charge in [0.2, 0.25) is 5.91 Å². The number of carbonyl (C=O) groups is 1. The highest BCUT2D eigenvalue weighted by Crippen LogP contribution is 2.18. The lowest BCUT2D eigenvalue weighted by molar-refractivity contribution is -0.116. The van der Waals surface area contributed by atoms with Gasteiger partial charge in [-0.2, -0.15) is 5.26 Å². The molecule has 0 aliphatic carbocycles. The number of amides is 1. The number of anilines is 1. The highest BCUT2D eigenvalue weighted by Gasteiger charge is 2.13. The number of carbonyl (C=O) groups excluding carboxylic acids is 1. The van der Waals surface area contributed by atoms with Gasteiger partial charge < -0.3 is 0 Å². The molecule has 1 rings (SSSR count). The zero-order valence-corrected chi connectivity index (χ0v) is 9.29. The minimum atomic E-state index is -0.305. The molecule has 1 aromatic rings. The van der Waals surface area contributed by atoms with E-state index >= 15 is 0 Å². The summed E-state index contributed by atoms with van der Waals surface area (Å²) in [6, 6.07) is 8.56. The fourth-order valence-corrected chi connectivity index (χ4v) is 1.36. The van der Waals surface area contributed by atoms with Crippen molar-refractivity contribution in [3.8, 4) is 6.07 Å². The molecule has 0 aliphatic heterocycles. The quantitative estimate of drug-likeness (QED) is 0.604. The van der Waals surface area contributed by atoms with E-state index in [0.717, 1.165) is 0 Å². The minimum absolute atomic E-state index is 0.0206. The van der Waals surface area contributed by atoms with Crippen molar-refractivity contribution in [1.82, 2.24) is 0 Å². The fourth-order valence-electron chi connectivity index (χ4n) is 1.09. The van der Waals surface area contributed by atoms with Gasteiger partial charge >= 0.3 is 0 Å². The Morgan fingerprint density at radius 2 is 2.00 bits per heavy atom. The van der Waals surface area contributed by atoms with Crippen LogP contribution in [0.4, 0.5) is 5.69 Å². The van der Waals surface area contributed by atoms with Crippen LogP contribution in [-0.2, 0) is 4.79 Å². The van der Waals surface area contributed by atoms with E-state index in [2.05, 4.69) is 0 Å². The predicted octanol–water partition coefficient (Wildman–Crippen LogP) is 2.44. The number of hydrogen-bond donors (Lipinski definition) is 0. The van der Waals surface area contributed by atoms with Crippen LogP contribution in [0.5, 0.6) is 0 Å². The molecule has 1 amide bonds. The summed E-state index contributed by atoms with van der Waals surface area (Å²) in [7, 11) is 0. The van der Waals surface area contributed by atoms with Crippen molar-refractivity contribution in [2.24, 2.45) is 0 Å². The first kappa shape index (κ1) is 11.8. The third-order valence-electron chi connectivity index (χ3n) is 1.78. The number of halogens is 2. The number of alkyl halides is 1. The van der Waals surface area contributed by atoms with E-state index in [-0.39, 0.29) is 18.3 Å². The van der Waals surface area contributed by atoms with Crippen molar-refractivity contribution in [2.75, 3.05) is 17.3 Å². The lowest BCUT2D eigenvalue weighted by Gasteiger charge is -2.18. The first-order chi connectivity index (χ1) is 7.19. The second-order valence-corrected chi connectivity index (χ2v) is 3.45. The van der Waals surface area contributed by atoms with Crippen LogP contribution in [0.15, 0.2) is 24.3 Å². The molecule has 0 atom stereocenters. The van der Waals surface area contributed by atoms with Gasteiger partial charge in [0.15, 0.2) is 0 Å². The van der Waals surface area contributed by atoms with Crippen LogP contribution < -0.4 is 4.90 Å². The summed E-state index contributed by atoms with van der Waals surface area (Å²) in [4.78, 5) is 12.7. The van der Waals surface area contributed by atoms with Gasteiger partial charge in [0.05, 0.1) is 6.07 Å². The maximum absolute atomic E-state index is 11.4. The second kappa shape index (κ2) is 5.59. The maximum Gasteiger partial charge on any atom is 0.242 e. The number of hydrogen-bond acceptors (Lipinski definition) is 2. The van der Waals surface area contributed by atoms with Crippen LogP contribution in [-0.4, -0.2) is 18.3 Å². The SMILES string of the molecule is N#CCN(C(=O)CCl)c1ccc(Cl)cc1. The van der Waals surface area contributed by atoms with Crippen molar-refractivity contribution in [3.05, 3.63) is 29.3 Å². The van der Waals surface area contributed by atoms with Crippen LogP contribution in [0.1, 0.15) is 0 Å². The van der Waals surface area contributed by atoms with E-state index in [1.165, 1.54) is 4.90 Å². The molecule has 3 nitrogen and oxygen atoms in total. The van der Waals surface area contributed by atoms with Crippen molar-refractivity contribution >= 4 is 34.8 Å². The fraction of sp³-hybridized carbons (Fsp3) is 0.200. The number of rotatable bonds is 3. The van der Waals surface area contributed by atoms with Crippen molar-refractivity contribution in [1.29, 1.82) is 5.26 Å². The van der Waals surface area contributed by atoms with Crippen molar-refractivity contribution in [2.45, 2.75) is 0 Å². The summed E-state index contributed by atoms with van der Waals surface area (Å²) in [5, 5.41) is 9.16.